The van der Waals surface area contributed by atoms with Gasteiger partial charge in [-0.05, 0) is 56.6 Å². The van der Waals surface area contributed by atoms with Crippen molar-refractivity contribution in [3.8, 4) is 0 Å². The SMILES string of the molecule is Cc1cc(Br)ccc1SCC(=O)NC1CCNCC1. The van der Waals surface area contributed by atoms with Crippen LogP contribution in [0.2, 0.25) is 0 Å². The number of benzene rings is 1. The first kappa shape index (κ1) is 14.9. The topological polar surface area (TPSA) is 41.1 Å². The van der Waals surface area contributed by atoms with Crippen LogP contribution in [0.5, 0.6) is 0 Å². The summed E-state index contributed by atoms with van der Waals surface area (Å²) in [4.78, 5) is 13.1. The van der Waals surface area contributed by atoms with E-state index in [4.69, 9.17) is 0 Å². The Kier molecular flexibility index (Phi) is 5.73. The van der Waals surface area contributed by atoms with Gasteiger partial charge in [0.05, 0.1) is 5.75 Å². The van der Waals surface area contributed by atoms with Crippen LogP contribution in [0.1, 0.15) is 18.4 Å². The van der Waals surface area contributed by atoms with E-state index in [9.17, 15) is 4.79 Å². The molecule has 2 rings (SSSR count). The van der Waals surface area contributed by atoms with Gasteiger partial charge in [0, 0.05) is 15.4 Å². The van der Waals surface area contributed by atoms with Gasteiger partial charge < -0.3 is 10.6 Å². The van der Waals surface area contributed by atoms with E-state index in [1.54, 1.807) is 11.8 Å². The highest BCUT2D eigenvalue weighted by Crippen LogP contribution is 2.25. The molecule has 2 N–H and O–H groups in total. The van der Waals surface area contributed by atoms with Gasteiger partial charge in [0.25, 0.3) is 0 Å². The van der Waals surface area contributed by atoms with E-state index in [0.29, 0.717) is 11.8 Å². The summed E-state index contributed by atoms with van der Waals surface area (Å²) < 4.78 is 1.08. The van der Waals surface area contributed by atoms with E-state index >= 15 is 0 Å². The predicted octanol–water partition coefficient (Wildman–Crippen LogP) is 2.72. The predicted molar refractivity (Wildman–Crippen MR) is 83.6 cm³/mol. The van der Waals surface area contributed by atoms with Crippen LogP contribution in [0.15, 0.2) is 27.6 Å². The van der Waals surface area contributed by atoms with Crippen LogP contribution < -0.4 is 10.6 Å². The van der Waals surface area contributed by atoms with Gasteiger partial charge in [-0.3, -0.25) is 4.79 Å². The Morgan fingerprint density at radius 1 is 1.47 bits per heavy atom. The Balaban J connectivity index is 1.79. The second-order valence-corrected chi connectivity index (χ2v) is 6.72. The maximum absolute atomic E-state index is 11.9. The van der Waals surface area contributed by atoms with Gasteiger partial charge in [0.1, 0.15) is 0 Å². The van der Waals surface area contributed by atoms with Gasteiger partial charge >= 0.3 is 0 Å². The molecule has 0 bridgehead atoms. The fourth-order valence-corrected chi connectivity index (χ4v) is 3.45. The van der Waals surface area contributed by atoms with Crippen molar-refractivity contribution in [1.29, 1.82) is 0 Å². The van der Waals surface area contributed by atoms with Crippen molar-refractivity contribution < 1.29 is 4.79 Å². The Morgan fingerprint density at radius 3 is 2.89 bits per heavy atom. The van der Waals surface area contributed by atoms with Crippen molar-refractivity contribution in [2.75, 3.05) is 18.8 Å². The maximum atomic E-state index is 11.9. The van der Waals surface area contributed by atoms with Gasteiger partial charge in [0.15, 0.2) is 0 Å². The number of piperidine rings is 1. The third kappa shape index (κ3) is 4.82. The van der Waals surface area contributed by atoms with E-state index in [1.165, 1.54) is 10.5 Å². The minimum absolute atomic E-state index is 0.138. The second-order valence-electron chi connectivity index (χ2n) is 4.79. The lowest BCUT2D eigenvalue weighted by molar-refractivity contribution is -0.119. The van der Waals surface area contributed by atoms with Crippen LogP contribution in [0.4, 0.5) is 0 Å². The van der Waals surface area contributed by atoms with Crippen LogP contribution in [0.25, 0.3) is 0 Å². The van der Waals surface area contributed by atoms with Gasteiger partial charge in [-0.25, -0.2) is 0 Å². The molecule has 0 aromatic heterocycles. The molecule has 0 saturated carbocycles. The third-order valence-electron chi connectivity index (χ3n) is 3.20. The molecular weight excluding hydrogens is 324 g/mol. The molecule has 1 aromatic rings. The molecule has 19 heavy (non-hydrogen) atoms. The summed E-state index contributed by atoms with van der Waals surface area (Å²) in [5.41, 5.74) is 1.20. The lowest BCUT2D eigenvalue weighted by Gasteiger charge is -2.23. The van der Waals surface area contributed by atoms with Crippen LogP contribution in [0, 0.1) is 6.92 Å². The summed E-state index contributed by atoms with van der Waals surface area (Å²) >= 11 is 5.05. The summed E-state index contributed by atoms with van der Waals surface area (Å²) in [6, 6.07) is 6.50. The molecule has 1 amide bonds. The molecule has 1 aromatic carbocycles. The molecule has 1 saturated heterocycles. The van der Waals surface area contributed by atoms with Gasteiger partial charge in [-0.1, -0.05) is 15.9 Å². The highest BCUT2D eigenvalue weighted by molar-refractivity contribution is 9.10. The first-order chi connectivity index (χ1) is 9.15. The first-order valence-electron chi connectivity index (χ1n) is 6.54. The maximum Gasteiger partial charge on any atom is 0.230 e. The zero-order valence-corrected chi connectivity index (χ0v) is 13.4. The van der Waals surface area contributed by atoms with Gasteiger partial charge in [-0.2, -0.15) is 0 Å². The van der Waals surface area contributed by atoms with Crippen molar-refractivity contribution in [2.24, 2.45) is 0 Å². The molecule has 1 aliphatic rings. The highest BCUT2D eigenvalue weighted by atomic mass is 79.9. The Bertz CT molecular complexity index is 447. The molecule has 0 aliphatic carbocycles. The summed E-state index contributed by atoms with van der Waals surface area (Å²) in [7, 11) is 0. The zero-order valence-electron chi connectivity index (χ0n) is 11.0. The number of hydrogen-bond donors (Lipinski definition) is 2. The molecule has 1 heterocycles. The molecule has 1 fully saturated rings. The fourth-order valence-electron chi connectivity index (χ4n) is 2.15. The minimum Gasteiger partial charge on any atom is -0.353 e. The van der Waals surface area contributed by atoms with Crippen LogP contribution in [-0.4, -0.2) is 30.8 Å². The molecule has 0 unspecified atom stereocenters. The lowest BCUT2D eigenvalue weighted by atomic mass is 10.1. The number of carbonyl (C=O) groups is 1. The number of halogens is 1. The van der Waals surface area contributed by atoms with E-state index in [2.05, 4.69) is 45.6 Å². The van der Waals surface area contributed by atoms with Crippen molar-refractivity contribution in [3.63, 3.8) is 0 Å². The fraction of sp³-hybridized carbons (Fsp3) is 0.500. The average molecular weight is 343 g/mol. The number of nitrogens with one attached hydrogen (secondary N) is 2. The van der Waals surface area contributed by atoms with E-state index < -0.39 is 0 Å². The molecular formula is C14H19BrN2OS. The molecule has 104 valence electrons. The molecule has 3 nitrogen and oxygen atoms in total. The van der Waals surface area contributed by atoms with Crippen LogP contribution >= 0.6 is 27.7 Å². The number of hydrogen-bond acceptors (Lipinski definition) is 3. The van der Waals surface area contributed by atoms with Crippen molar-refractivity contribution in [3.05, 3.63) is 28.2 Å². The minimum atomic E-state index is 0.138. The Hall–Kier alpha value is -0.520. The highest BCUT2D eigenvalue weighted by Gasteiger charge is 2.15. The summed E-state index contributed by atoms with van der Waals surface area (Å²) in [5, 5.41) is 6.41. The quantitative estimate of drug-likeness (QED) is 0.826. The Labute approximate surface area is 127 Å². The normalized spacial score (nSPS) is 16.3. The van der Waals surface area contributed by atoms with E-state index in [1.807, 2.05) is 6.07 Å². The van der Waals surface area contributed by atoms with Crippen LogP contribution in [0.3, 0.4) is 0 Å². The number of thioether (sulfide) groups is 1. The van der Waals surface area contributed by atoms with E-state index in [0.717, 1.165) is 30.4 Å². The number of aryl methyl sites for hydroxylation is 1. The van der Waals surface area contributed by atoms with Gasteiger partial charge in [0.2, 0.25) is 5.91 Å². The molecule has 0 atom stereocenters. The van der Waals surface area contributed by atoms with Crippen molar-refractivity contribution in [2.45, 2.75) is 30.7 Å². The number of rotatable bonds is 4. The average Bonchev–Trinajstić information content (AvgIpc) is 2.39. The Morgan fingerprint density at radius 2 is 2.21 bits per heavy atom. The van der Waals surface area contributed by atoms with Crippen molar-refractivity contribution in [1.82, 2.24) is 10.6 Å². The lowest BCUT2D eigenvalue weighted by Crippen LogP contribution is -2.43. The molecule has 5 heteroatoms. The summed E-state index contributed by atoms with van der Waals surface area (Å²) in [5.74, 6) is 0.631. The largest absolute Gasteiger partial charge is 0.353 e. The standard InChI is InChI=1S/C14H19BrN2OS/c1-10-8-11(15)2-3-13(10)19-9-14(18)17-12-4-6-16-7-5-12/h2-3,8,12,16H,4-7,9H2,1H3,(H,17,18). The third-order valence-corrected chi connectivity index (χ3v) is 4.87. The molecule has 1 aliphatic heterocycles. The van der Waals surface area contributed by atoms with Crippen molar-refractivity contribution >= 4 is 33.6 Å². The summed E-state index contributed by atoms with van der Waals surface area (Å²) in [6.45, 7) is 4.08. The van der Waals surface area contributed by atoms with Gasteiger partial charge in [-0.15, -0.1) is 11.8 Å². The van der Waals surface area contributed by atoms with Crippen LogP contribution in [-0.2, 0) is 4.79 Å². The molecule has 0 radical (unpaired) electrons. The zero-order chi connectivity index (χ0) is 13.7. The smallest absolute Gasteiger partial charge is 0.230 e. The summed E-state index contributed by atoms with van der Waals surface area (Å²) in [6.07, 6.45) is 2.07. The molecule has 0 spiro atoms. The monoisotopic (exact) mass is 342 g/mol. The number of amides is 1. The second kappa shape index (κ2) is 7.31. The first-order valence-corrected chi connectivity index (χ1v) is 8.32. The number of carbonyl (C=O) groups excluding carboxylic acids is 1. The van der Waals surface area contributed by atoms with E-state index in [-0.39, 0.29) is 5.91 Å².